The van der Waals surface area contributed by atoms with Gasteiger partial charge in [-0.1, -0.05) is 29.4 Å². The van der Waals surface area contributed by atoms with Gasteiger partial charge in [-0.2, -0.15) is 0 Å². The van der Waals surface area contributed by atoms with Crippen LogP contribution in [0.1, 0.15) is 12.5 Å². The molecule has 9 heteroatoms. The zero-order valence-corrected chi connectivity index (χ0v) is 17.2. The summed E-state index contributed by atoms with van der Waals surface area (Å²) in [6.45, 7) is 3.63. The van der Waals surface area contributed by atoms with Gasteiger partial charge in [-0.15, -0.1) is 10.2 Å². The number of rotatable bonds is 6. The van der Waals surface area contributed by atoms with Crippen LogP contribution in [0, 0.1) is 6.92 Å². The fraction of sp³-hybridized carbons (Fsp3) is 0.211. The minimum absolute atomic E-state index is 0.177. The Labute approximate surface area is 172 Å². The first kappa shape index (κ1) is 20.0. The van der Waals surface area contributed by atoms with Crippen LogP contribution in [-0.4, -0.2) is 33.1 Å². The van der Waals surface area contributed by atoms with Crippen LogP contribution in [0.15, 0.2) is 47.6 Å². The van der Waals surface area contributed by atoms with E-state index < -0.39 is 5.25 Å². The molecule has 1 heterocycles. The van der Waals surface area contributed by atoms with Crippen LogP contribution in [0.3, 0.4) is 0 Å². The third-order valence-corrected chi connectivity index (χ3v) is 5.66. The predicted molar refractivity (Wildman–Crippen MR) is 112 cm³/mol. The number of thioether (sulfide) groups is 1. The molecule has 0 aliphatic carbocycles. The molecule has 0 saturated heterocycles. The van der Waals surface area contributed by atoms with E-state index in [0.717, 1.165) is 16.9 Å². The number of halogens is 1. The van der Waals surface area contributed by atoms with Gasteiger partial charge in [0.05, 0.1) is 12.4 Å². The maximum absolute atomic E-state index is 12.6. The molecule has 1 atom stereocenters. The zero-order valence-electron chi connectivity index (χ0n) is 15.6. The van der Waals surface area contributed by atoms with E-state index in [0.29, 0.717) is 21.7 Å². The molecule has 0 aliphatic rings. The lowest BCUT2D eigenvalue weighted by atomic mass is 10.2. The Bertz CT molecular complexity index is 990. The van der Waals surface area contributed by atoms with Gasteiger partial charge in [-0.25, -0.2) is 4.68 Å². The van der Waals surface area contributed by atoms with Gasteiger partial charge >= 0.3 is 0 Å². The molecule has 146 valence electrons. The van der Waals surface area contributed by atoms with Crippen molar-refractivity contribution in [2.45, 2.75) is 24.3 Å². The largest absolute Gasteiger partial charge is 0.497 e. The Hall–Kier alpha value is -2.71. The number of ether oxygens (including phenoxy) is 1. The fourth-order valence-corrected chi connectivity index (χ4v) is 3.43. The summed E-state index contributed by atoms with van der Waals surface area (Å²) in [7, 11) is 1.60. The second kappa shape index (κ2) is 8.53. The maximum atomic E-state index is 12.6. The molecular weight excluding hydrogens is 398 g/mol. The first-order valence-corrected chi connectivity index (χ1v) is 9.74. The third-order valence-electron chi connectivity index (χ3n) is 4.19. The number of nitrogens with one attached hydrogen (secondary N) is 1. The minimum Gasteiger partial charge on any atom is -0.497 e. The number of hydrogen-bond acceptors (Lipinski definition) is 6. The lowest BCUT2D eigenvalue weighted by molar-refractivity contribution is -0.115. The van der Waals surface area contributed by atoms with E-state index in [1.165, 1.54) is 16.4 Å². The van der Waals surface area contributed by atoms with Crippen molar-refractivity contribution in [2.24, 2.45) is 0 Å². The number of methoxy groups -OCH3 is 1. The van der Waals surface area contributed by atoms with Crippen molar-refractivity contribution in [1.82, 2.24) is 14.9 Å². The van der Waals surface area contributed by atoms with Gasteiger partial charge in [0.25, 0.3) is 0 Å². The van der Waals surface area contributed by atoms with Crippen LogP contribution in [0.5, 0.6) is 5.75 Å². The van der Waals surface area contributed by atoms with E-state index >= 15 is 0 Å². The van der Waals surface area contributed by atoms with Crippen LogP contribution in [0.2, 0.25) is 5.02 Å². The summed E-state index contributed by atoms with van der Waals surface area (Å²) in [4.78, 5) is 12.6. The highest BCUT2D eigenvalue weighted by molar-refractivity contribution is 8.00. The molecule has 3 aromatic rings. The van der Waals surface area contributed by atoms with Gasteiger partial charge in [0, 0.05) is 16.3 Å². The van der Waals surface area contributed by atoms with Crippen molar-refractivity contribution < 1.29 is 9.53 Å². The van der Waals surface area contributed by atoms with Crippen molar-refractivity contribution in [3.05, 3.63) is 53.1 Å². The summed E-state index contributed by atoms with van der Waals surface area (Å²) >= 11 is 7.33. The van der Waals surface area contributed by atoms with E-state index in [2.05, 4.69) is 15.5 Å². The molecule has 0 bridgehead atoms. The third kappa shape index (κ3) is 4.23. The highest BCUT2D eigenvalue weighted by atomic mass is 35.5. The Morgan fingerprint density at radius 2 is 1.96 bits per heavy atom. The summed E-state index contributed by atoms with van der Waals surface area (Å²) in [6, 6.07) is 12.7. The van der Waals surface area contributed by atoms with E-state index in [4.69, 9.17) is 22.2 Å². The summed E-state index contributed by atoms with van der Waals surface area (Å²) in [5, 5.41) is 11.7. The molecule has 3 rings (SSSR count). The second-order valence-corrected chi connectivity index (χ2v) is 7.78. The Kier molecular flexibility index (Phi) is 6.11. The highest BCUT2D eigenvalue weighted by Crippen LogP contribution is 2.28. The van der Waals surface area contributed by atoms with E-state index in [1.807, 2.05) is 37.3 Å². The smallest absolute Gasteiger partial charge is 0.237 e. The minimum atomic E-state index is -0.436. The molecule has 0 saturated carbocycles. The molecule has 0 spiro atoms. The van der Waals surface area contributed by atoms with Crippen molar-refractivity contribution >= 4 is 35.0 Å². The molecule has 3 N–H and O–H groups in total. The summed E-state index contributed by atoms with van der Waals surface area (Å²) in [5.74, 6) is 7.21. The van der Waals surface area contributed by atoms with Gasteiger partial charge in [0.1, 0.15) is 5.75 Å². The summed E-state index contributed by atoms with van der Waals surface area (Å²) in [6.07, 6.45) is 0. The van der Waals surface area contributed by atoms with Crippen LogP contribution in [0.4, 0.5) is 5.69 Å². The van der Waals surface area contributed by atoms with Gasteiger partial charge in [-0.3, -0.25) is 4.79 Å². The number of nitrogens with zero attached hydrogens (tertiary/aromatic N) is 3. The van der Waals surface area contributed by atoms with Gasteiger partial charge in [-0.05, 0) is 55.8 Å². The number of benzene rings is 2. The van der Waals surface area contributed by atoms with Crippen LogP contribution >= 0.6 is 23.4 Å². The number of carbonyl (C=O) groups excluding carboxylic acids is 1. The van der Waals surface area contributed by atoms with E-state index in [9.17, 15) is 4.79 Å². The standard InChI is InChI=1S/C19H20ClN5O2S/c1-11-15(20)5-4-6-16(11)22-18(26)12(2)28-19-24-23-17(25(19)21)13-7-9-14(27-3)10-8-13/h4-10,12H,21H2,1-3H3,(H,22,26). The van der Waals surface area contributed by atoms with Gasteiger partial charge < -0.3 is 15.9 Å². The fourth-order valence-electron chi connectivity index (χ4n) is 2.48. The molecule has 0 aliphatic heterocycles. The van der Waals surface area contributed by atoms with Crippen molar-refractivity contribution in [2.75, 3.05) is 18.3 Å². The Morgan fingerprint density at radius 1 is 1.25 bits per heavy atom. The normalized spacial score (nSPS) is 11.9. The SMILES string of the molecule is COc1ccc(-c2nnc(SC(C)C(=O)Nc3cccc(Cl)c3C)n2N)cc1. The lowest BCUT2D eigenvalue weighted by Gasteiger charge is -2.13. The number of nitrogen functional groups attached to an aromatic ring is 1. The number of aromatic nitrogens is 3. The topological polar surface area (TPSA) is 95.1 Å². The number of carbonyl (C=O) groups is 1. The maximum Gasteiger partial charge on any atom is 0.237 e. The number of amides is 1. The Balaban J connectivity index is 1.71. The Morgan fingerprint density at radius 3 is 2.64 bits per heavy atom. The van der Waals surface area contributed by atoms with Gasteiger partial charge in [0.15, 0.2) is 5.82 Å². The predicted octanol–water partition coefficient (Wildman–Crippen LogP) is 3.75. The average Bonchev–Trinajstić information content (AvgIpc) is 3.05. The molecule has 7 nitrogen and oxygen atoms in total. The monoisotopic (exact) mass is 417 g/mol. The first-order chi connectivity index (χ1) is 13.4. The van der Waals surface area contributed by atoms with Crippen molar-refractivity contribution in [1.29, 1.82) is 0 Å². The van der Waals surface area contributed by atoms with Crippen molar-refractivity contribution in [3.63, 3.8) is 0 Å². The second-order valence-electron chi connectivity index (χ2n) is 6.07. The molecule has 1 unspecified atom stereocenters. The molecule has 1 aromatic heterocycles. The van der Waals surface area contributed by atoms with Crippen LogP contribution in [-0.2, 0) is 4.79 Å². The lowest BCUT2D eigenvalue weighted by Crippen LogP contribution is -2.24. The summed E-state index contributed by atoms with van der Waals surface area (Å²) in [5.41, 5.74) is 2.30. The first-order valence-electron chi connectivity index (χ1n) is 8.48. The van der Waals surface area contributed by atoms with Crippen molar-refractivity contribution in [3.8, 4) is 17.1 Å². The number of anilines is 1. The molecular formula is C19H20ClN5O2S. The van der Waals surface area contributed by atoms with Crippen LogP contribution < -0.4 is 15.9 Å². The molecule has 0 fully saturated rings. The molecule has 28 heavy (non-hydrogen) atoms. The van der Waals surface area contributed by atoms with E-state index in [1.54, 1.807) is 26.2 Å². The summed E-state index contributed by atoms with van der Waals surface area (Å²) < 4.78 is 6.53. The zero-order chi connectivity index (χ0) is 20.3. The van der Waals surface area contributed by atoms with Gasteiger partial charge in [0.2, 0.25) is 11.1 Å². The number of hydrogen-bond donors (Lipinski definition) is 2. The van der Waals surface area contributed by atoms with E-state index in [-0.39, 0.29) is 5.91 Å². The number of nitrogens with two attached hydrogens (primary N) is 1. The average molecular weight is 418 g/mol. The highest BCUT2D eigenvalue weighted by Gasteiger charge is 2.20. The molecule has 2 aromatic carbocycles. The van der Waals surface area contributed by atoms with Crippen LogP contribution in [0.25, 0.3) is 11.4 Å². The quantitative estimate of drug-likeness (QED) is 0.468. The molecule has 1 amide bonds. The molecule has 0 radical (unpaired) electrons.